The Hall–Kier alpha value is -2.79. The van der Waals surface area contributed by atoms with Crippen LogP contribution >= 0.6 is 11.6 Å². The Labute approximate surface area is 157 Å². The van der Waals surface area contributed by atoms with Gasteiger partial charge < -0.3 is 16.0 Å². The summed E-state index contributed by atoms with van der Waals surface area (Å²) in [5.74, 6) is -0.270. The summed E-state index contributed by atoms with van der Waals surface area (Å²) in [4.78, 5) is 25.0. The lowest BCUT2D eigenvalue weighted by molar-refractivity contribution is -0.113. The van der Waals surface area contributed by atoms with Crippen molar-refractivity contribution >= 4 is 29.2 Å². The van der Waals surface area contributed by atoms with Crippen LogP contribution in [0.15, 0.2) is 53.7 Å². The van der Waals surface area contributed by atoms with E-state index in [0.29, 0.717) is 16.3 Å². The minimum Gasteiger partial charge on any atom is -0.327 e. The molecule has 0 unspecified atom stereocenters. The van der Waals surface area contributed by atoms with Crippen LogP contribution in [0.3, 0.4) is 0 Å². The van der Waals surface area contributed by atoms with Crippen LogP contribution in [0.1, 0.15) is 29.7 Å². The summed E-state index contributed by atoms with van der Waals surface area (Å²) in [5, 5.41) is 8.98. The number of nitrogens with one attached hydrogen (secondary N) is 3. The van der Waals surface area contributed by atoms with E-state index >= 15 is 0 Å². The molecule has 3 rings (SSSR count). The highest BCUT2D eigenvalue weighted by atomic mass is 35.5. The van der Waals surface area contributed by atoms with Gasteiger partial charge in [-0.15, -0.1) is 0 Å². The molecule has 1 heterocycles. The largest absolute Gasteiger partial charge is 0.327 e. The smallest absolute Gasteiger partial charge is 0.319 e. The van der Waals surface area contributed by atoms with Crippen molar-refractivity contribution in [1.29, 1.82) is 0 Å². The fourth-order valence-corrected chi connectivity index (χ4v) is 3.21. The van der Waals surface area contributed by atoms with Crippen molar-refractivity contribution in [1.82, 2.24) is 10.6 Å². The predicted molar refractivity (Wildman–Crippen MR) is 103 cm³/mol. The maximum atomic E-state index is 13.0. The van der Waals surface area contributed by atoms with Gasteiger partial charge in [0, 0.05) is 16.4 Å². The third kappa shape index (κ3) is 3.58. The standard InChI is InChI=1S/C20H20ClN3O2/c1-11-6-4-9-16(12(11)2)23-19(25)17-13(3)22-20(26)24-18(17)14-7-5-8-15(21)10-14/h4-10,18H,1-3H3,(H,23,25)(H2,22,24,26)/t18-/m1/s1. The molecule has 3 amide bonds. The monoisotopic (exact) mass is 369 g/mol. The number of hydrogen-bond donors (Lipinski definition) is 3. The molecule has 2 aromatic rings. The fourth-order valence-electron chi connectivity index (χ4n) is 3.01. The molecule has 0 fully saturated rings. The molecule has 0 bridgehead atoms. The number of halogens is 1. The number of urea groups is 1. The molecule has 0 radical (unpaired) electrons. The highest BCUT2D eigenvalue weighted by molar-refractivity contribution is 6.30. The highest BCUT2D eigenvalue weighted by Crippen LogP contribution is 2.29. The predicted octanol–water partition coefficient (Wildman–Crippen LogP) is 4.22. The second-order valence-electron chi connectivity index (χ2n) is 6.33. The Morgan fingerprint density at radius 2 is 1.85 bits per heavy atom. The number of carbonyl (C=O) groups is 2. The Morgan fingerprint density at radius 1 is 1.12 bits per heavy atom. The van der Waals surface area contributed by atoms with Crippen LogP contribution in [0, 0.1) is 13.8 Å². The Morgan fingerprint density at radius 3 is 2.58 bits per heavy atom. The van der Waals surface area contributed by atoms with E-state index < -0.39 is 6.04 Å². The van der Waals surface area contributed by atoms with Crippen LogP contribution < -0.4 is 16.0 Å². The molecular formula is C20H20ClN3O2. The SMILES string of the molecule is CC1=C(C(=O)Nc2cccc(C)c2C)[C@@H](c2cccc(Cl)c2)NC(=O)N1. The molecule has 0 saturated heterocycles. The average molecular weight is 370 g/mol. The molecule has 6 heteroatoms. The Balaban J connectivity index is 1.98. The lowest BCUT2D eigenvalue weighted by atomic mass is 9.94. The van der Waals surface area contributed by atoms with E-state index in [1.165, 1.54) is 0 Å². The van der Waals surface area contributed by atoms with Gasteiger partial charge in [0.2, 0.25) is 0 Å². The summed E-state index contributed by atoms with van der Waals surface area (Å²) in [5.41, 5.74) is 4.56. The van der Waals surface area contributed by atoms with Crippen molar-refractivity contribution in [2.75, 3.05) is 5.32 Å². The topological polar surface area (TPSA) is 70.2 Å². The maximum absolute atomic E-state index is 13.0. The van der Waals surface area contributed by atoms with Gasteiger partial charge in [-0.1, -0.05) is 35.9 Å². The molecule has 26 heavy (non-hydrogen) atoms. The van der Waals surface area contributed by atoms with E-state index in [1.807, 2.05) is 38.1 Å². The number of rotatable bonds is 3. The molecule has 0 aliphatic carbocycles. The minimum atomic E-state index is -0.576. The maximum Gasteiger partial charge on any atom is 0.319 e. The van der Waals surface area contributed by atoms with E-state index in [4.69, 9.17) is 11.6 Å². The zero-order valence-electron chi connectivity index (χ0n) is 14.8. The minimum absolute atomic E-state index is 0.270. The van der Waals surface area contributed by atoms with Gasteiger partial charge in [-0.3, -0.25) is 4.79 Å². The van der Waals surface area contributed by atoms with E-state index in [0.717, 1.165) is 22.4 Å². The first-order valence-corrected chi connectivity index (χ1v) is 8.66. The summed E-state index contributed by atoms with van der Waals surface area (Å²) in [6.45, 7) is 5.67. The zero-order valence-corrected chi connectivity index (χ0v) is 15.6. The van der Waals surface area contributed by atoms with Crippen LogP contribution in [0.5, 0.6) is 0 Å². The third-order valence-corrected chi connectivity index (χ3v) is 4.78. The first kappa shape index (κ1) is 18.0. The molecule has 134 valence electrons. The number of allylic oxidation sites excluding steroid dienone is 1. The van der Waals surface area contributed by atoms with E-state index in [2.05, 4.69) is 16.0 Å². The van der Waals surface area contributed by atoms with Gasteiger partial charge in [0.05, 0.1) is 11.6 Å². The molecule has 0 spiro atoms. The van der Waals surface area contributed by atoms with Crippen molar-refractivity contribution in [3.63, 3.8) is 0 Å². The quantitative estimate of drug-likeness (QED) is 0.757. The molecule has 5 nitrogen and oxygen atoms in total. The lowest BCUT2D eigenvalue weighted by Gasteiger charge is -2.29. The fraction of sp³-hybridized carbons (Fsp3) is 0.200. The summed E-state index contributed by atoms with van der Waals surface area (Å²) < 4.78 is 0. The molecule has 0 saturated carbocycles. The average Bonchev–Trinajstić information content (AvgIpc) is 2.58. The summed E-state index contributed by atoms with van der Waals surface area (Å²) in [6, 6.07) is 11.9. The van der Waals surface area contributed by atoms with Crippen LogP contribution in [0.25, 0.3) is 0 Å². The number of anilines is 1. The van der Waals surface area contributed by atoms with Crippen LogP contribution in [-0.4, -0.2) is 11.9 Å². The summed E-state index contributed by atoms with van der Waals surface area (Å²) in [6.07, 6.45) is 0. The molecule has 1 aliphatic heterocycles. The number of carbonyl (C=O) groups excluding carboxylic acids is 2. The normalized spacial score (nSPS) is 16.8. The molecular weight excluding hydrogens is 350 g/mol. The van der Waals surface area contributed by atoms with Crippen molar-refractivity contribution in [3.05, 3.63) is 75.4 Å². The zero-order chi connectivity index (χ0) is 18.8. The van der Waals surface area contributed by atoms with E-state index in [9.17, 15) is 9.59 Å². The highest BCUT2D eigenvalue weighted by Gasteiger charge is 2.31. The van der Waals surface area contributed by atoms with Gasteiger partial charge in [0.15, 0.2) is 0 Å². The number of aryl methyl sites for hydroxylation is 1. The second-order valence-corrected chi connectivity index (χ2v) is 6.76. The van der Waals surface area contributed by atoms with Gasteiger partial charge in [-0.2, -0.15) is 0 Å². The first-order valence-electron chi connectivity index (χ1n) is 8.28. The first-order chi connectivity index (χ1) is 12.4. The van der Waals surface area contributed by atoms with Crippen molar-refractivity contribution in [2.24, 2.45) is 0 Å². The van der Waals surface area contributed by atoms with Gasteiger partial charge >= 0.3 is 6.03 Å². The van der Waals surface area contributed by atoms with Crippen LogP contribution in [0.4, 0.5) is 10.5 Å². The molecule has 2 aromatic carbocycles. The van der Waals surface area contributed by atoms with Crippen molar-refractivity contribution in [3.8, 4) is 0 Å². The Bertz CT molecular complexity index is 921. The second kappa shape index (κ2) is 7.22. The van der Waals surface area contributed by atoms with Gasteiger partial charge in [-0.25, -0.2) is 4.79 Å². The Kier molecular flexibility index (Phi) is 5.00. The third-order valence-electron chi connectivity index (χ3n) is 4.55. The summed E-state index contributed by atoms with van der Waals surface area (Å²) >= 11 is 6.09. The van der Waals surface area contributed by atoms with Crippen LogP contribution in [0.2, 0.25) is 5.02 Å². The van der Waals surface area contributed by atoms with Crippen LogP contribution in [-0.2, 0) is 4.79 Å². The van der Waals surface area contributed by atoms with Gasteiger partial charge in [0.1, 0.15) is 0 Å². The molecule has 1 atom stereocenters. The van der Waals surface area contributed by atoms with Gasteiger partial charge in [0.25, 0.3) is 5.91 Å². The van der Waals surface area contributed by atoms with E-state index in [-0.39, 0.29) is 11.9 Å². The van der Waals surface area contributed by atoms with Gasteiger partial charge in [-0.05, 0) is 55.7 Å². The number of hydrogen-bond acceptors (Lipinski definition) is 2. The lowest BCUT2D eigenvalue weighted by Crippen LogP contribution is -2.46. The molecule has 1 aliphatic rings. The van der Waals surface area contributed by atoms with Crippen molar-refractivity contribution in [2.45, 2.75) is 26.8 Å². The number of benzene rings is 2. The number of amides is 3. The molecule has 3 N–H and O–H groups in total. The molecule has 0 aromatic heterocycles. The van der Waals surface area contributed by atoms with Crippen molar-refractivity contribution < 1.29 is 9.59 Å². The summed E-state index contributed by atoms with van der Waals surface area (Å²) in [7, 11) is 0. The van der Waals surface area contributed by atoms with E-state index in [1.54, 1.807) is 25.1 Å².